The molecule has 2 aromatic heterocycles. The van der Waals surface area contributed by atoms with E-state index in [0.29, 0.717) is 5.13 Å². The zero-order valence-corrected chi connectivity index (χ0v) is 13.4. The molecule has 2 aromatic rings. The van der Waals surface area contributed by atoms with Crippen LogP contribution in [0.15, 0.2) is 16.9 Å². The fourth-order valence-corrected chi connectivity index (χ4v) is 3.75. The first-order valence-corrected chi connectivity index (χ1v) is 8.22. The Kier molecular flexibility index (Phi) is 4.06. The Hall–Kier alpha value is -2.02. The number of aromatic nitrogens is 3. The summed E-state index contributed by atoms with van der Waals surface area (Å²) in [4.78, 5) is 29.3. The van der Waals surface area contributed by atoms with E-state index in [2.05, 4.69) is 22.3 Å². The lowest BCUT2D eigenvalue weighted by Gasteiger charge is -2.18. The lowest BCUT2D eigenvalue weighted by Crippen LogP contribution is -2.23. The minimum absolute atomic E-state index is 0.210. The van der Waals surface area contributed by atoms with Gasteiger partial charge in [-0.25, -0.2) is 9.67 Å². The molecule has 0 bridgehead atoms. The van der Waals surface area contributed by atoms with Gasteiger partial charge in [0.25, 0.3) is 11.5 Å². The van der Waals surface area contributed by atoms with Crippen LogP contribution in [0.2, 0.25) is 0 Å². The van der Waals surface area contributed by atoms with Crippen LogP contribution < -0.4 is 10.9 Å². The molecule has 2 heterocycles. The number of nitrogens with zero attached hydrogens (tertiary/aromatic N) is 3. The molecule has 3 rings (SSSR count). The molecule has 116 valence electrons. The van der Waals surface area contributed by atoms with Gasteiger partial charge in [0, 0.05) is 18.0 Å². The van der Waals surface area contributed by atoms with Gasteiger partial charge in [0.2, 0.25) is 0 Å². The van der Waals surface area contributed by atoms with Crippen LogP contribution in [0.5, 0.6) is 0 Å². The normalized spacial score (nSPS) is 17.1. The quantitative estimate of drug-likeness (QED) is 0.939. The van der Waals surface area contributed by atoms with Crippen LogP contribution in [0.25, 0.3) is 0 Å². The third kappa shape index (κ3) is 2.94. The molecule has 22 heavy (non-hydrogen) atoms. The first-order chi connectivity index (χ1) is 10.6. The summed E-state index contributed by atoms with van der Waals surface area (Å²) in [6.45, 7) is 2.21. The van der Waals surface area contributed by atoms with Crippen molar-refractivity contribution in [2.24, 2.45) is 13.0 Å². The molecule has 1 unspecified atom stereocenters. The minimum atomic E-state index is -0.339. The third-order valence-corrected chi connectivity index (χ3v) is 5.07. The van der Waals surface area contributed by atoms with Gasteiger partial charge in [0.05, 0.1) is 5.69 Å². The topological polar surface area (TPSA) is 76.9 Å². The summed E-state index contributed by atoms with van der Waals surface area (Å²) in [6, 6.07) is 2.76. The fraction of sp³-hybridized carbons (Fsp3) is 0.467. The van der Waals surface area contributed by atoms with Crippen LogP contribution in [0, 0.1) is 5.92 Å². The maximum atomic E-state index is 12.2. The number of aryl methyl sites for hydroxylation is 2. The number of carbonyl (C=O) groups is 1. The lowest BCUT2D eigenvalue weighted by molar-refractivity contribution is 0.102. The van der Waals surface area contributed by atoms with Crippen LogP contribution in [-0.2, 0) is 19.9 Å². The molecule has 0 aliphatic heterocycles. The SMILES string of the molecule is CCC1CCc2nc(NC(=O)c3ccc(=O)n(C)n3)sc2C1. The van der Waals surface area contributed by atoms with E-state index in [-0.39, 0.29) is 17.2 Å². The average molecular weight is 318 g/mol. The Bertz CT molecular complexity index is 765. The number of amides is 1. The van der Waals surface area contributed by atoms with Crippen molar-refractivity contribution >= 4 is 22.4 Å². The molecule has 6 nitrogen and oxygen atoms in total. The van der Waals surface area contributed by atoms with Crippen LogP contribution in [0.4, 0.5) is 5.13 Å². The Morgan fingerprint density at radius 2 is 2.32 bits per heavy atom. The molecule has 1 aliphatic carbocycles. The van der Waals surface area contributed by atoms with Crippen molar-refractivity contribution in [1.29, 1.82) is 0 Å². The van der Waals surface area contributed by atoms with Crippen molar-refractivity contribution in [1.82, 2.24) is 14.8 Å². The van der Waals surface area contributed by atoms with Gasteiger partial charge in [0.15, 0.2) is 5.13 Å². The number of nitrogens with one attached hydrogen (secondary N) is 1. The van der Waals surface area contributed by atoms with Crippen molar-refractivity contribution in [3.05, 3.63) is 38.8 Å². The number of rotatable bonds is 3. The second kappa shape index (κ2) is 6.00. The summed E-state index contributed by atoms with van der Waals surface area (Å²) >= 11 is 1.55. The van der Waals surface area contributed by atoms with Gasteiger partial charge < -0.3 is 0 Å². The highest BCUT2D eigenvalue weighted by atomic mass is 32.1. The molecule has 1 atom stereocenters. The monoisotopic (exact) mass is 318 g/mol. The Morgan fingerprint density at radius 3 is 3.05 bits per heavy atom. The van der Waals surface area contributed by atoms with Gasteiger partial charge in [-0.3, -0.25) is 14.9 Å². The van der Waals surface area contributed by atoms with Crippen molar-refractivity contribution in [2.45, 2.75) is 32.6 Å². The Balaban J connectivity index is 1.76. The highest BCUT2D eigenvalue weighted by Crippen LogP contribution is 2.33. The zero-order valence-electron chi connectivity index (χ0n) is 12.6. The molecule has 1 N–H and O–H groups in total. The van der Waals surface area contributed by atoms with E-state index in [1.165, 1.54) is 36.9 Å². The zero-order chi connectivity index (χ0) is 15.7. The summed E-state index contributed by atoms with van der Waals surface area (Å²) < 4.78 is 1.15. The van der Waals surface area contributed by atoms with Crippen molar-refractivity contribution < 1.29 is 4.79 Å². The summed E-state index contributed by atoms with van der Waals surface area (Å²) in [7, 11) is 1.52. The summed E-state index contributed by atoms with van der Waals surface area (Å²) in [5, 5.41) is 7.34. The smallest absolute Gasteiger partial charge is 0.277 e. The molecule has 0 saturated carbocycles. The molecular formula is C15H18N4O2S. The van der Waals surface area contributed by atoms with E-state index in [1.54, 1.807) is 11.3 Å². The standard InChI is InChI=1S/C15H18N4O2S/c1-3-9-4-5-10-12(8-9)22-15(16-10)17-14(21)11-6-7-13(20)19(2)18-11/h6-7,9H,3-5,8H2,1-2H3,(H,16,17,21). The molecule has 0 radical (unpaired) electrons. The molecule has 7 heteroatoms. The molecule has 0 spiro atoms. The fourth-order valence-electron chi connectivity index (χ4n) is 2.63. The first-order valence-electron chi connectivity index (χ1n) is 7.41. The molecule has 0 saturated heterocycles. The van der Waals surface area contributed by atoms with E-state index >= 15 is 0 Å². The van der Waals surface area contributed by atoms with Crippen LogP contribution in [-0.4, -0.2) is 20.7 Å². The summed E-state index contributed by atoms with van der Waals surface area (Å²) in [6.07, 6.45) is 4.39. The van der Waals surface area contributed by atoms with Gasteiger partial charge in [0.1, 0.15) is 5.69 Å². The molecule has 0 fully saturated rings. The van der Waals surface area contributed by atoms with Gasteiger partial charge in [-0.05, 0) is 31.2 Å². The predicted octanol–water partition coefficient (Wildman–Crippen LogP) is 2.00. The first kappa shape index (κ1) is 14.9. The highest BCUT2D eigenvalue weighted by molar-refractivity contribution is 7.15. The predicted molar refractivity (Wildman–Crippen MR) is 85.4 cm³/mol. The van der Waals surface area contributed by atoms with Crippen LogP contribution in [0.3, 0.4) is 0 Å². The number of fused-ring (bicyclic) bond motifs is 1. The number of hydrogen-bond donors (Lipinski definition) is 1. The maximum absolute atomic E-state index is 12.2. The Morgan fingerprint density at radius 1 is 1.50 bits per heavy atom. The van der Waals surface area contributed by atoms with E-state index in [1.807, 2.05) is 0 Å². The van der Waals surface area contributed by atoms with Crippen molar-refractivity contribution in [2.75, 3.05) is 5.32 Å². The lowest BCUT2D eigenvalue weighted by atomic mass is 9.89. The molecule has 0 aromatic carbocycles. The number of hydrogen-bond acceptors (Lipinski definition) is 5. The maximum Gasteiger partial charge on any atom is 0.277 e. The van der Waals surface area contributed by atoms with E-state index in [0.717, 1.165) is 29.1 Å². The second-order valence-corrected chi connectivity index (χ2v) is 6.62. The molecular weight excluding hydrogens is 300 g/mol. The Labute approximate surface area is 132 Å². The van der Waals surface area contributed by atoms with Crippen molar-refractivity contribution in [3.8, 4) is 0 Å². The average Bonchev–Trinajstić information content (AvgIpc) is 2.90. The van der Waals surface area contributed by atoms with E-state index in [9.17, 15) is 9.59 Å². The van der Waals surface area contributed by atoms with Crippen LogP contribution >= 0.6 is 11.3 Å². The second-order valence-electron chi connectivity index (χ2n) is 5.54. The number of carbonyl (C=O) groups excluding carboxylic acids is 1. The number of anilines is 1. The van der Waals surface area contributed by atoms with Gasteiger partial charge >= 0.3 is 0 Å². The van der Waals surface area contributed by atoms with Crippen molar-refractivity contribution in [3.63, 3.8) is 0 Å². The van der Waals surface area contributed by atoms with E-state index < -0.39 is 0 Å². The minimum Gasteiger partial charge on any atom is -0.296 e. The number of thiazole rings is 1. The third-order valence-electron chi connectivity index (χ3n) is 4.03. The van der Waals surface area contributed by atoms with E-state index in [4.69, 9.17) is 0 Å². The van der Waals surface area contributed by atoms with Gasteiger partial charge in [-0.15, -0.1) is 11.3 Å². The van der Waals surface area contributed by atoms with Gasteiger partial charge in [-0.2, -0.15) is 5.10 Å². The summed E-state index contributed by atoms with van der Waals surface area (Å²) in [5.74, 6) is 0.385. The summed E-state index contributed by atoms with van der Waals surface area (Å²) in [5.41, 5.74) is 1.08. The molecule has 1 aliphatic rings. The van der Waals surface area contributed by atoms with Gasteiger partial charge in [-0.1, -0.05) is 13.3 Å². The largest absolute Gasteiger partial charge is 0.296 e. The molecule has 1 amide bonds. The highest BCUT2D eigenvalue weighted by Gasteiger charge is 2.22. The van der Waals surface area contributed by atoms with Crippen LogP contribution in [0.1, 0.15) is 40.8 Å².